The van der Waals surface area contributed by atoms with Gasteiger partial charge < -0.3 is 9.53 Å². The highest BCUT2D eigenvalue weighted by Crippen LogP contribution is 2.27. The van der Waals surface area contributed by atoms with E-state index in [0.717, 1.165) is 12.7 Å². The monoisotopic (exact) mass is 213 g/mol. The Hall–Kier alpha value is -1.06. The van der Waals surface area contributed by atoms with Gasteiger partial charge in [-0.3, -0.25) is 4.90 Å². The predicted octanol–water partition coefficient (Wildman–Crippen LogP) is 1.83. The van der Waals surface area contributed by atoms with Crippen LogP contribution >= 0.6 is 0 Å². The van der Waals surface area contributed by atoms with Gasteiger partial charge in [0.15, 0.2) is 0 Å². The molecule has 0 radical (unpaired) electrons. The number of likely N-dealkylation sites (tertiary alicyclic amines) is 1. The van der Waals surface area contributed by atoms with Gasteiger partial charge in [-0.2, -0.15) is 0 Å². The molecule has 2 unspecified atom stereocenters. The Morgan fingerprint density at radius 3 is 2.53 bits per heavy atom. The van der Waals surface area contributed by atoms with Gasteiger partial charge in [-0.1, -0.05) is 6.92 Å². The molecule has 1 fully saturated rings. The van der Waals surface area contributed by atoms with Crippen molar-refractivity contribution < 1.29 is 14.3 Å². The molecule has 1 aliphatic heterocycles. The SMILES string of the molecule is CCC1CN(C(=O)OC(C)(C)C)C1C=O. The second-order valence-corrected chi connectivity index (χ2v) is 4.93. The summed E-state index contributed by atoms with van der Waals surface area (Å²) >= 11 is 0. The molecule has 0 aromatic rings. The molecule has 0 aliphatic carbocycles. The van der Waals surface area contributed by atoms with Crippen molar-refractivity contribution in [2.24, 2.45) is 5.92 Å². The molecule has 0 aromatic carbocycles. The lowest BCUT2D eigenvalue weighted by molar-refractivity contribution is -0.120. The van der Waals surface area contributed by atoms with Crippen molar-refractivity contribution in [3.05, 3.63) is 0 Å². The minimum Gasteiger partial charge on any atom is -0.444 e. The minimum absolute atomic E-state index is 0.287. The maximum atomic E-state index is 11.6. The Bertz CT molecular complexity index is 257. The summed E-state index contributed by atoms with van der Waals surface area (Å²) in [6.45, 7) is 8.11. The van der Waals surface area contributed by atoms with E-state index in [1.807, 2.05) is 27.7 Å². The predicted molar refractivity (Wildman–Crippen MR) is 56.6 cm³/mol. The molecule has 1 saturated heterocycles. The third-order valence-corrected chi connectivity index (χ3v) is 2.57. The van der Waals surface area contributed by atoms with Crippen LogP contribution in [0.25, 0.3) is 0 Å². The van der Waals surface area contributed by atoms with Crippen LogP contribution in [0.3, 0.4) is 0 Å². The van der Waals surface area contributed by atoms with E-state index in [4.69, 9.17) is 4.74 Å². The number of amides is 1. The molecule has 86 valence electrons. The molecule has 4 nitrogen and oxygen atoms in total. The topological polar surface area (TPSA) is 46.6 Å². The zero-order valence-corrected chi connectivity index (χ0v) is 9.82. The summed E-state index contributed by atoms with van der Waals surface area (Å²) in [5.74, 6) is 0.301. The number of carbonyl (C=O) groups is 2. The van der Waals surface area contributed by atoms with Gasteiger partial charge in [-0.05, 0) is 27.2 Å². The number of hydrogen-bond acceptors (Lipinski definition) is 3. The fraction of sp³-hybridized carbons (Fsp3) is 0.818. The number of nitrogens with zero attached hydrogens (tertiary/aromatic N) is 1. The van der Waals surface area contributed by atoms with Crippen LogP contribution < -0.4 is 0 Å². The Morgan fingerprint density at radius 2 is 2.13 bits per heavy atom. The van der Waals surface area contributed by atoms with Gasteiger partial charge in [0.1, 0.15) is 11.9 Å². The van der Waals surface area contributed by atoms with Crippen molar-refractivity contribution in [2.45, 2.75) is 45.8 Å². The van der Waals surface area contributed by atoms with Gasteiger partial charge in [0.25, 0.3) is 0 Å². The summed E-state index contributed by atoms with van der Waals surface area (Å²) in [5.41, 5.74) is -0.498. The second kappa shape index (κ2) is 4.21. The van der Waals surface area contributed by atoms with Crippen molar-refractivity contribution >= 4 is 12.4 Å². The Balaban J connectivity index is 2.53. The molecule has 0 bridgehead atoms. The van der Waals surface area contributed by atoms with Crippen LogP contribution in [0.2, 0.25) is 0 Å². The van der Waals surface area contributed by atoms with Gasteiger partial charge in [0, 0.05) is 12.5 Å². The molecule has 15 heavy (non-hydrogen) atoms. The van der Waals surface area contributed by atoms with E-state index >= 15 is 0 Å². The van der Waals surface area contributed by atoms with E-state index in [1.165, 1.54) is 4.90 Å². The van der Waals surface area contributed by atoms with Crippen LogP contribution in [-0.2, 0) is 9.53 Å². The molecule has 0 saturated carbocycles. The fourth-order valence-corrected chi connectivity index (χ4v) is 1.67. The normalized spacial score (nSPS) is 25.7. The summed E-state index contributed by atoms with van der Waals surface area (Å²) in [6.07, 6.45) is 1.37. The number of carbonyl (C=O) groups excluding carboxylic acids is 2. The molecule has 4 heteroatoms. The zero-order valence-electron chi connectivity index (χ0n) is 9.82. The highest BCUT2D eigenvalue weighted by Gasteiger charge is 2.42. The van der Waals surface area contributed by atoms with Crippen molar-refractivity contribution in [1.82, 2.24) is 4.90 Å². The van der Waals surface area contributed by atoms with E-state index in [0.29, 0.717) is 12.5 Å². The molecule has 1 rings (SSSR count). The summed E-state index contributed by atoms with van der Waals surface area (Å²) < 4.78 is 5.19. The third-order valence-electron chi connectivity index (χ3n) is 2.57. The molecule has 1 heterocycles. The van der Waals surface area contributed by atoms with Crippen LogP contribution in [-0.4, -0.2) is 35.5 Å². The standard InChI is InChI=1S/C11H19NO3/c1-5-8-6-12(9(8)7-13)10(14)15-11(2,3)4/h7-9H,5-6H2,1-4H3. The first-order valence-corrected chi connectivity index (χ1v) is 5.34. The van der Waals surface area contributed by atoms with Gasteiger partial charge in [0.05, 0.1) is 6.04 Å². The quantitative estimate of drug-likeness (QED) is 0.657. The first-order chi connectivity index (χ1) is 6.89. The highest BCUT2D eigenvalue weighted by molar-refractivity contribution is 5.76. The second-order valence-electron chi connectivity index (χ2n) is 4.93. The first-order valence-electron chi connectivity index (χ1n) is 5.34. The van der Waals surface area contributed by atoms with Crippen molar-refractivity contribution in [1.29, 1.82) is 0 Å². The molecule has 0 spiro atoms. The van der Waals surface area contributed by atoms with E-state index in [2.05, 4.69) is 0 Å². The smallest absolute Gasteiger partial charge is 0.410 e. The van der Waals surface area contributed by atoms with Crippen LogP contribution in [0, 0.1) is 5.92 Å². The number of aldehydes is 1. The summed E-state index contributed by atoms with van der Waals surface area (Å²) in [5, 5.41) is 0. The molecule has 1 aliphatic rings. The maximum Gasteiger partial charge on any atom is 0.410 e. The Labute approximate surface area is 90.6 Å². The third kappa shape index (κ3) is 2.70. The van der Waals surface area contributed by atoms with Crippen LogP contribution in [0.1, 0.15) is 34.1 Å². The van der Waals surface area contributed by atoms with Gasteiger partial charge in [-0.25, -0.2) is 4.79 Å². The van der Waals surface area contributed by atoms with Crippen LogP contribution in [0.15, 0.2) is 0 Å². The minimum atomic E-state index is -0.498. The van der Waals surface area contributed by atoms with E-state index in [9.17, 15) is 9.59 Å². The average Bonchev–Trinajstić information content (AvgIpc) is 2.00. The molecule has 0 N–H and O–H groups in total. The molecular weight excluding hydrogens is 194 g/mol. The van der Waals surface area contributed by atoms with Crippen LogP contribution in [0.5, 0.6) is 0 Å². The molecule has 0 aromatic heterocycles. The molecular formula is C11H19NO3. The molecule has 2 atom stereocenters. The van der Waals surface area contributed by atoms with Crippen molar-refractivity contribution in [2.75, 3.05) is 6.54 Å². The van der Waals surface area contributed by atoms with Gasteiger partial charge >= 0.3 is 6.09 Å². The fourth-order valence-electron chi connectivity index (χ4n) is 1.67. The first kappa shape index (κ1) is 12.0. The summed E-state index contributed by atoms with van der Waals surface area (Å²) in [4.78, 5) is 23.9. The van der Waals surface area contributed by atoms with E-state index < -0.39 is 5.60 Å². The molecule has 1 amide bonds. The van der Waals surface area contributed by atoms with Crippen LogP contribution in [0.4, 0.5) is 4.79 Å². The van der Waals surface area contributed by atoms with Crippen molar-refractivity contribution in [3.63, 3.8) is 0 Å². The largest absolute Gasteiger partial charge is 0.444 e. The van der Waals surface area contributed by atoms with E-state index in [-0.39, 0.29) is 12.1 Å². The lowest BCUT2D eigenvalue weighted by Gasteiger charge is -2.44. The Kier molecular flexibility index (Phi) is 3.37. The van der Waals surface area contributed by atoms with Gasteiger partial charge in [0.2, 0.25) is 0 Å². The average molecular weight is 213 g/mol. The lowest BCUT2D eigenvalue weighted by atomic mass is 9.88. The number of ether oxygens (including phenoxy) is 1. The van der Waals surface area contributed by atoms with Gasteiger partial charge in [-0.15, -0.1) is 0 Å². The highest BCUT2D eigenvalue weighted by atomic mass is 16.6. The number of hydrogen-bond donors (Lipinski definition) is 0. The summed E-state index contributed by atoms with van der Waals surface area (Å²) in [6, 6.07) is -0.287. The zero-order chi connectivity index (χ0) is 11.6. The Morgan fingerprint density at radius 1 is 1.53 bits per heavy atom. The lowest BCUT2D eigenvalue weighted by Crippen LogP contribution is -2.60. The van der Waals surface area contributed by atoms with Crippen molar-refractivity contribution in [3.8, 4) is 0 Å². The maximum absolute atomic E-state index is 11.6. The summed E-state index contributed by atoms with van der Waals surface area (Å²) in [7, 11) is 0. The van der Waals surface area contributed by atoms with E-state index in [1.54, 1.807) is 0 Å². The number of rotatable bonds is 2.